The molecule has 10 heteroatoms. The third kappa shape index (κ3) is 7.55. The summed E-state index contributed by atoms with van der Waals surface area (Å²) in [7, 11) is 1.91. The van der Waals surface area contributed by atoms with Gasteiger partial charge in [-0.2, -0.15) is 5.10 Å². The van der Waals surface area contributed by atoms with Gasteiger partial charge in [-0.05, 0) is 127 Å². The fourth-order valence-corrected chi connectivity index (χ4v) is 7.15. The lowest BCUT2D eigenvalue weighted by molar-refractivity contribution is -0.0289. The lowest BCUT2D eigenvalue weighted by Crippen LogP contribution is -2.49. The number of fused-ring (bicyclic) bond motifs is 1. The molecular formula is C36H50FN5O4. The van der Waals surface area contributed by atoms with Gasteiger partial charge >= 0.3 is 6.09 Å². The minimum absolute atomic E-state index is 0.00123. The van der Waals surface area contributed by atoms with Crippen molar-refractivity contribution in [3.8, 4) is 11.1 Å². The van der Waals surface area contributed by atoms with Gasteiger partial charge in [-0.15, -0.1) is 0 Å². The second kappa shape index (κ2) is 13.3. The summed E-state index contributed by atoms with van der Waals surface area (Å²) in [5.74, 6) is -0.399. The van der Waals surface area contributed by atoms with Gasteiger partial charge in [0.25, 0.3) is 5.91 Å². The topological polar surface area (TPSA) is 99.9 Å². The van der Waals surface area contributed by atoms with E-state index in [1.165, 1.54) is 12.1 Å². The van der Waals surface area contributed by atoms with E-state index in [-0.39, 0.29) is 23.9 Å². The highest BCUT2D eigenvalue weighted by Crippen LogP contribution is 2.39. The van der Waals surface area contributed by atoms with Crippen molar-refractivity contribution < 1.29 is 23.8 Å². The van der Waals surface area contributed by atoms with Crippen molar-refractivity contribution in [1.29, 1.82) is 0 Å². The zero-order valence-corrected chi connectivity index (χ0v) is 28.4. The molecule has 1 aliphatic heterocycles. The van der Waals surface area contributed by atoms with Crippen LogP contribution in [0.2, 0.25) is 0 Å². The Morgan fingerprint density at radius 2 is 1.87 bits per heavy atom. The molecule has 46 heavy (non-hydrogen) atoms. The van der Waals surface area contributed by atoms with Crippen LogP contribution < -0.4 is 5.32 Å². The van der Waals surface area contributed by atoms with E-state index >= 15 is 0 Å². The highest BCUT2D eigenvalue weighted by atomic mass is 19.1. The van der Waals surface area contributed by atoms with Crippen LogP contribution in [0.15, 0.2) is 36.5 Å². The van der Waals surface area contributed by atoms with Crippen LogP contribution in [0, 0.1) is 5.82 Å². The average Bonchev–Trinajstić information content (AvgIpc) is 3.59. The number of benzene rings is 2. The predicted octanol–water partition coefficient (Wildman–Crippen LogP) is 6.24. The van der Waals surface area contributed by atoms with Crippen molar-refractivity contribution in [1.82, 2.24) is 24.9 Å². The van der Waals surface area contributed by atoms with Crippen molar-refractivity contribution in [2.75, 3.05) is 26.2 Å². The number of hydrogen-bond acceptors (Lipinski definition) is 6. The molecule has 250 valence electrons. The molecule has 0 unspecified atom stereocenters. The second-order valence-electron chi connectivity index (χ2n) is 14.5. The van der Waals surface area contributed by atoms with Crippen molar-refractivity contribution in [3.63, 3.8) is 0 Å². The number of ether oxygens (including phenoxy) is 1. The third-order valence-electron chi connectivity index (χ3n) is 9.52. The van der Waals surface area contributed by atoms with E-state index in [9.17, 15) is 19.1 Å². The summed E-state index contributed by atoms with van der Waals surface area (Å²) in [6, 6.07) is 8.80. The van der Waals surface area contributed by atoms with E-state index < -0.39 is 23.1 Å². The van der Waals surface area contributed by atoms with E-state index in [1.54, 1.807) is 11.0 Å². The lowest BCUT2D eigenvalue weighted by atomic mass is 9.82. The number of nitrogens with zero attached hydrogens (tertiary/aromatic N) is 4. The van der Waals surface area contributed by atoms with Crippen LogP contribution in [0.5, 0.6) is 0 Å². The smallest absolute Gasteiger partial charge is 0.407 e. The van der Waals surface area contributed by atoms with E-state index in [4.69, 9.17) is 4.74 Å². The molecule has 2 aromatic carbocycles. The normalized spacial score (nSPS) is 22.4. The molecule has 1 saturated carbocycles. The molecule has 2 aliphatic rings. The van der Waals surface area contributed by atoms with E-state index in [2.05, 4.69) is 27.4 Å². The lowest BCUT2D eigenvalue weighted by Gasteiger charge is -2.38. The maximum absolute atomic E-state index is 14.6. The number of carbonyl (C=O) groups is 2. The number of rotatable bonds is 8. The second-order valence-corrected chi connectivity index (χ2v) is 14.5. The standard InChI is InChI=1S/C36H50FN5O4/c1-8-42(23(2)3)33(43)30-19-26(37)9-10-28(30)29-17-25(18-32-31(29)20-38-40(32)7)24-13-16-41(21-24)22-36(45)14-11-27(12-15-36)39-34(44)46-35(4,5)6/h9-10,17-20,23-24,27,45H,8,11-16,21-22H2,1-7H3,(H,39,44)/t24-,27?,36?/m0/s1. The first-order valence-corrected chi connectivity index (χ1v) is 16.7. The van der Waals surface area contributed by atoms with Gasteiger partial charge < -0.3 is 20.1 Å². The summed E-state index contributed by atoms with van der Waals surface area (Å²) in [6.45, 7) is 14.2. The van der Waals surface area contributed by atoms with Crippen LogP contribution >= 0.6 is 0 Å². The summed E-state index contributed by atoms with van der Waals surface area (Å²) in [4.78, 5) is 30.0. The van der Waals surface area contributed by atoms with Crippen molar-refractivity contribution in [3.05, 3.63) is 53.5 Å². The highest BCUT2D eigenvalue weighted by Gasteiger charge is 2.38. The minimum atomic E-state index is -0.802. The van der Waals surface area contributed by atoms with Crippen molar-refractivity contribution >= 4 is 22.9 Å². The Labute approximate surface area is 272 Å². The van der Waals surface area contributed by atoms with Crippen LogP contribution in [0.25, 0.3) is 22.0 Å². The molecule has 2 heterocycles. The van der Waals surface area contributed by atoms with Gasteiger partial charge in [-0.3, -0.25) is 14.4 Å². The van der Waals surface area contributed by atoms with Gasteiger partial charge in [-0.25, -0.2) is 9.18 Å². The first kappa shape index (κ1) is 33.9. The van der Waals surface area contributed by atoms with Crippen LogP contribution in [0.4, 0.5) is 9.18 Å². The SMILES string of the molecule is CCN(C(=O)c1cc(F)ccc1-c1cc([C@H]2CCN(CC3(O)CCC(NC(=O)OC(C)(C)C)CC3)C2)cc2c1cnn2C)C(C)C. The van der Waals surface area contributed by atoms with Gasteiger partial charge in [0, 0.05) is 44.2 Å². The van der Waals surface area contributed by atoms with Crippen LogP contribution in [0.1, 0.15) is 95.5 Å². The van der Waals surface area contributed by atoms with Gasteiger partial charge in [0.05, 0.1) is 22.9 Å². The summed E-state index contributed by atoms with van der Waals surface area (Å²) >= 11 is 0. The molecule has 2 amide bonds. The van der Waals surface area contributed by atoms with E-state index in [0.29, 0.717) is 49.9 Å². The Hall–Kier alpha value is -3.50. The number of aryl methyl sites for hydroxylation is 1. The summed E-state index contributed by atoms with van der Waals surface area (Å²) in [5.41, 5.74) is 2.68. The Morgan fingerprint density at radius 1 is 1.15 bits per heavy atom. The number of aliphatic hydroxyl groups is 1. The number of aromatic nitrogens is 2. The Kier molecular flexibility index (Phi) is 9.80. The number of hydrogen-bond donors (Lipinski definition) is 2. The van der Waals surface area contributed by atoms with Crippen LogP contribution in [-0.2, 0) is 11.8 Å². The van der Waals surface area contributed by atoms with Gasteiger partial charge in [0.2, 0.25) is 0 Å². The molecule has 1 aliphatic carbocycles. The molecule has 0 spiro atoms. The Balaban J connectivity index is 1.34. The van der Waals surface area contributed by atoms with Gasteiger partial charge in [0.1, 0.15) is 11.4 Å². The number of nitrogens with one attached hydrogen (secondary N) is 1. The van der Waals surface area contributed by atoms with Crippen LogP contribution in [0.3, 0.4) is 0 Å². The summed E-state index contributed by atoms with van der Waals surface area (Å²) < 4.78 is 21.9. The van der Waals surface area contributed by atoms with E-state index in [0.717, 1.165) is 41.5 Å². The fourth-order valence-electron chi connectivity index (χ4n) is 7.15. The number of likely N-dealkylation sites (tertiary alicyclic amines) is 1. The Bertz CT molecular complexity index is 1570. The predicted molar refractivity (Wildman–Crippen MR) is 178 cm³/mol. The molecule has 0 bridgehead atoms. The maximum atomic E-state index is 14.6. The largest absolute Gasteiger partial charge is 0.444 e. The molecule has 0 radical (unpaired) electrons. The quantitative estimate of drug-likeness (QED) is 0.304. The molecular weight excluding hydrogens is 585 g/mol. The monoisotopic (exact) mass is 635 g/mol. The Morgan fingerprint density at radius 3 is 2.52 bits per heavy atom. The zero-order valence-electron chi connectivity index (χ0n) is 28.4. The van der Waals surface area contributed by atoms with Crippen molar-refractivity contribution in [2.45, 2.75) is 103 Å². The maximum Gasteiger partial charge on any atom is 0.407 e. The molecule has 2 N–H and O–H groups in total. The van der Waals surface area contributed by atoms with Crippen LogP contribution in [-0.4, -0.2) is 86.2 Å². The minimum Gasteiger partial charge on any atom is -0.444 e. The molecule has 2 fully saturated rings. The number of alkyl carbamates (subject to hydrolysis) is 1. The summed E-state index contributed by atoms with van der Waals surface area (Å²) in [6.07, 6.45) is 5.00. The summed E-state index contributed by atoms with van der Waals surface area (Å²) in [5, 5.41) is 19.9. The average molecular weight is 636 g/mol. The van der Waals surface area contributed by atoms with Gasteiger partial charge in [0.15, 0.2) is 0 Å². The number of halogens is 1. The number of amides is 2. The highest BCUT2D eigenvalue weighted by molar-refractivity contribution is 6.05. The first-order valence-electron chi connectivity index (χ1n) is 16.7. The van der Waals surface area contributed by atoms with E-state index in [1.807, 2.05) is 59.5 Å². The van der Waals surface area contributed by atoms with Crippen molar-refractivity contribution in [2.24, 2.45) is 7.05 Å². The molecule has 3 aromatic rings. The number of β-amino-alcohol motifs (C(OH)–C–C–N with tert-alkyl or cyclic N) is 1. The molecule has 1 aromatic heterocycles. The molecule has 5 rings (SSSR count). The molecule has 1 saturated heterocycles. The number of carbonyl (C=O) groups excluding carboxylic acids is 2. The zero-order chi connectivity index (χ0) is 33.4. The third-order valence-corrected chi connectivity index (χ3v) is 9.52. The first-order chi connectivity index (χ1) is 21.7. The van der Waals surface area contributed by atoms with Gasteiger partial charge in [-0.1, -0.05) is 6.07 Å². The molecule has 9 nitrogen and oxygen atoms in total. The molecule has 1 atom stereocenters. The fraction of sp³-hybridized carbons (Fsp3) is 0.583.